The van der Waals surface area contributed by atoms with Gasteiger partial charge in [0.25, 0.3) is 0 Å². The molecule has 6 nitrogen and oxygen atoms in total. The van der Waals surface area contributed by atoms with Crippen LogP contribution >= 0.6 is 0 Å². The molecule has 1 aliphatic heterocycles. The van der Waals surface area contributed by atoms with Crippen molar-refractivity contribution < 1.29 is 23.7 Å². The van der Waals surface area contributed by atoms with Crippen molar-refractivity contribution in [3.63, 3.8) is 0 Å². The van der Waals surface area contributed by atoms with Crippen molar-refractivity contribution in [2.45, 2.75) is 58.2 Å². The maximum absolute atomic E-state index is 13.2. The monoisotopic (exact) mass is 449 g/mol. The normalized spacial score (nSPS) is 17.6. The summed E-state index contributed by atoms with van der Waals surface area (Å²) >= 11 is 0. The molecule has 2 aromatic carbocycles. The van der Waals surface area contributed by atoms with Gasteiger partial charge in [-0.05, 0) is 81.0 Å². The Bertz CT molecular complexity index is 1200. The average Bonchev–Trinajstić information content (AvgIpc) is 3.11. The second-order valence-electron chi connectivity index (χ2n) is 9.85. The van der Waals surface area contributed by atoms with E-state index in [4.69, 9.17) is 18.9 Å². The van der Waals surface area contributed by atoms with Crippen LogP contribution in [-0.2, 0) is 28.7 Å². The topological polar surface area (TPSA) is 58.9 Å². The number of carbonyl (C=O) groups is 1. The summed E-state index contributed by atoms with van der Waals surface area (Å²) < 4.78 is 24.6. The highest BCUT2D eigenvalue weighted by molar-refractivity contribution is 5.94. The van der Waals surface area contributed by atoms with Crippen molar-refractivity contribution in [1.82, 2.24) is 4.57 Å². The lowest BCUT2D eigenvalue weighted by atomic mass is 9.92. The van der Waals surface area contributed by atoms with Gasteiger partial charge in [-0.15, -0.1) is 0 Å². The van der Waals surface area contributed by atoms with Crippen LogP contribution in [0.1, 0.15) is 49.6 Å². The number of fused-ring (bicyclic) bond motifs is 4. The molecule has 0 amide bonds. The van der Waals surface area contributed by atoms with E-state index in [2.05, 4.69) is 24.3 Å². The molecule has 0 radical (unpaired) electrons. The van der Waals surface area contributed by atoms with Crippen LogP contribution in [0.2, 0.25) is 0 Å². The van der Waals surface area contributed by atoms with E-state index >= 15 is 0 Å². The number of methoxy groups -OCH3 is 1. The standard InChI is InChI=1S/C27H31NO5/c1-27(2,3)33-26(29)28-22-8-5-17(13-18-6-10-24-25(15-18)32-12-11-31-24)14-20(22)21-16-19(30-4)7-9-23(21)28/h5-6,8,10,14-15,19H,7,9,11-13,16H2,1-4H3. The minimum atomic E-state index is -0.553. The molecule has 0 spiro atoms. The van der Waals surface area contributed by atoms with Crippen LogP contribution in [0.4, 0.5) is 4.79 Å². The van der Waals surface area contributed by atoms with E-state index in [1.165, 1.54) is 11.1 Å². The molecule has 0 bridgehead atoms. The molecule has 33 heavy (non-hydrogen) atoms. The van der Waals surface area contributed by atoms with E-state index in [0.29, 0.717) is 13.2 Å². The highest BCUT2D eigenvalue weighted by Gasteiger charge is 2.30. The summed E-state index contributed by atoms with van der Waals surface area (Å²) in [6, 6.07) is 12.5. The molecular formula is C27H31NO5. The third-order valence-electron chi connectivity index (χ3n) is 6.30. The highest BCUT2D eigenvalue weighted by Crippen LogP contribution is 2.36. The first-order valence-electron chi connectivity index (χ1n) is 11.6. The molecule has 2 heterocycles. The Kier molecular flexibility index (Phi) is 5.57. The second-order valence-corrected chi connectivity index (χ2v) is 9.85. The molecule has 3 aromatic rings. The van der Waals surface area contributed by atoms with Gasteiger partial charge in [-0.3, -0.25) is 0 Å². The van der Waals surface area contributed by atoms with Gasteiger partial charge in [0.2, 0.25) is 0 Å². The van der Waals surface area contributed by atoms with Crippen molar-refractivity contribution in [3.05, 3.63) is 58.8 Å². The first-order valence-corrected chi connectivity index (χ1v) is 11.6. The highest BCUT2D eigenvalue weighted by atomic mass is 16.6. The fraction of sp³-hybridized carbons (Fsp3) is 0.444. The third kappa shape index (κ3) is 4.32. The summed E-state index contributed by atoms with van der Waals surface area (Å²) in [7, 11) is 1.76. The van der Waals surface area contributed by atoms with Gasteiger partial charge in [0.15, 0.2) is 11.5 Å². The van der Waals surface area contributed by atoms with Gasteiger partial charge in [0, 0.05) is 24.6 Å². The van der Waals surface area contributed by atoms with E-state index in [0.717, 1.165) is 59.3 Å². The molecule has 6 heteroatoms. The summed E-state index contributed by atoms with van der Waals surface area (Å²) in [5.74, 6) is 1.60. The smallest absolute Gasteiger partial charge is 0.419 e. The minimum Gasteiger partial charge on any atom is -0.486 e. The number of nitrogens with zero attached hydrogens (tertiary/aromatic N) is 1. The lowest BCUT2D eigenvalue weighted by molar-refractivity contribution is 0.0531. The van der Waals surface area contributed by atoms with Crippen LogP contribution in [0, 0.1) is 0 Å². The fourth-order valence-corrected chi connectivity index (χ4v) is 4.83. The Hall–Kier alpha value is -2.99. The van der Waals surface area contributed by atoms with Crippen LogP contribution in [0.5, 0.6) is 11.5 Å². The molecule has 0 N–H and O–H groups in total. The number of ether oxygens (including phenoxy) is 4. The average molecular weight is 450 g/mol. The molecular weight excluding hydrogens is 418 g/mol. The Morgan fingerprint density at radius 2 is 1.79 bits per heavy atom. The molecule has 5 rings (SSSR count). The van der Waals surface area contributed by atoms with Gasteiger partial charge in [-0.2, -0.15) is 0 Å². The lowest BCUT2D eigenvalue weighted by Gasteiger charge is -2.24. The maximum atomic E-state index is 13.2. The number of carbonyl (C=O) groups excluding carboxylic acids is 1. The van der Waals surface area contributed by atoms with Gasteiger partial charge in [-0.1, -0.05) is 12.1 Å². The predicted octanol–water partition coefficient (Wildman–Crippen LogP) is 5.29. The predicted molar refractivity (Wildman–Crippen MR) is 127 cm³/mol. The quantitative estimate of drug-likeness (QED) is 0.544. The number of hydrogen-bond donors (Lipinski definition) is 0. The van der Waals surface area contributed by atoms with Crippen molar-refractivity contribution in [2.24, 2.45) is 0 Å². The zero-order chi connectivity index (χ0) is 23.2. The van der Waals surface area contributed by atoms with Crippen LogP contribution in [0.3, 0.4) is 0 Å². The van der Waals surface area contributed by atoms with Crippen LogP contribution in [0.15, 0.2) is 36.4 Å². The number of rotatable bonds is 3. The SMILES string of the molecule is COC1CCc2c(c3cc(Cc4ccc5c(c4)OCCO5)ccc3n2C(=O)OC(C)(C)C)C1. The molecule has 0 saturated heterocycles. The second kappa shape index (κ2) is 8.41. The molecule has 0 saturated carbocycles. The van der Waals surface area contributed by atoms with Gasteiger partial charge < -0.3 is 18.9 Å². The number of benzene rings is 2. The molecule has 2 aliphatic rings. The van der Waals surface area contributed by atoms with E-state index in [1.807, 2.05) is 32.9 Å². The Balaban J connectivity index is 1.54. The molecule has 1 aromatic heterocycles. The van der Waals surface area contributed by atoms with E-state index in [9.17, 15) is 4.79 Å². The summed E-state index contributed by atoms with van der Waals surface area (Å²) in [6.07, 6.45) is 3.10. The summed E-state index contributed by atoms with van der Waals surface area (Å²) in [5, 5.41) is 1.10. The molecule has 1 unspecified atom stereocenters. The summed E-state index contributed by atoms with van der Waals surface area (Å²) in [4.78, 5) is 13.2. The summed E-state index contributed by atoms with van der Waals surface area (Å²) in [5.41, 5.74) is 4.93. The zero-order valence-electron chi connectivity index (χ0n) is 19.8. The lowest BCUT2D eigenvalue weighted by Crippen LogP contribution is -2.29. The Labute approximate surface area is 194 Å². The zero-order valence-corrected chi connectivity index (χ0v) is 19.8. The first kappa shape index (κ1) is 21.8. The summed E-state index contributed by atoms with van der Waals surface area (Å²) in [6.45, 7) is 6.86. The first-order chi connectivity index (χ1) is 15.8. The van der Waals surface area contributed by atoms with Gasteiger partial charge in [-0.25, -0.2) is 9.36 Å². The Morgan fingerprint density at radius 1 is 1.06 bits per heavy atom. The van der Waals surface area contributed by atoms with Gasteiger partial charge >= 0.3 is 6.09 Å². The number of hydrogen-bond acceptors (Lipinski definition) is 5. The van der Waals surface area contributed by atoms with Crippen LogP contribution < -0.4 is 9.47 Å². The third-order valence-corrected chi connectivity index (χ3v) is 6.30. The minimum absolute atomic E-state index is 0.164. The van der Waals surface area contributed by atoms with Crippen molar-refractivity contribution in [1.29, 1.82) is 0 Å². The maximum Gasteiger partial charge on any atom is 0.419 e. The van der Waals surface area contributed by atoms with Crippen molar-refractivity contribution in [3.8, 4) is 11.5 Å². The fourth-order valence-electron chi connectivity index (χ4n) is 4.83. The largest absolute Gasteiger partial charge is 0.486 e. The van der Waals surface area contributed by atoms with E-state index in [1.54, 1.807) is 11.7 Å². The van der Waals surface area contributed by atoms with E-state index in [-0.39, 0.29) is 12.2 Å². The van der Waals surface area contributed by atoms with Crippen LogP contribution in [-0.4, -0.2) is 42.7 Å². The van der Waals surface area contributed by atoms with Gasteiger partial charge in [0.1, 0.15) is 18.8 Å². The van der Waals surface area contributed by atoms with Crippen molar-refractivity contribution in [2.75, 3.05) is 20.3 Å². The van der Waals surface area contributed by atoms with E-state index < -0.39 is 5.60 Å². The van der Waals surface area contributed by atoms with Gasteiger partial charge in [0.05, 0.1) is 11.6 Å². The molecule has 1 atom stereocenters. The van der Waals surface area contributed by atoms with Crippen molar-refractivity contribution >= 4 is 17.0 Å². The molecule has 0 fully saturated rings. The van der Waals surface area contributed by atoms with Crippen LogP contribution in [0.25, 0.3) is 10.9 Å². The molecule has 1 aliphatic carbocycles. The number of aromatic nitrogens is 1. The molecule has 174 valence electrons. The Morgan fingerprint density at radius 3 is 2.55 bits per heavy atom.